The highest BCUT2D eigenvalue weighted by molar-refractivity contribution is 7.91. The highest BCUT2D eigenvalue weighted by Crippen LogP contribution is 2.29. The van der Waals surface area contributed by atoms with E-state index in [0.29, 0.717) is 24.0 Å². The van der Waals surface area contributed by atoms with E-state index in [0.717, 1.165) is 17.8 Å². The van der Waals surface area contributed by atoms with Crippen LogP contribution in [0.25, 0.3) is 0 Å². The molecule has 25 heavy (non-hydrogen) atoms. The van der Waals surface area contributed by atoms with Crippen molar-refractivity contribution in [2.75, 3.05) is 18.8 Å². The SMILES string of the molecule is O=C(CCS(=O)(=O)c1cccc(Cl)c1)N1CCC(c2nccs2)CC1. The lowest BCUT2D eigenvalue weighted by atomic mass is 9.97. The second-order valence-electron chi connectivity index (χ2n) is 6.05. The Hall–Kier alpha value is -1.44. The molecule has 0 atom stereocenters. The Balaban J connectivity index is 1.53. The maximum Gasteiger partial charge on any atom is 0.223 e. The van der Waals surface area contributed by atoms with Gasteiger partial charge in [0.2, 0.25) is 5.91 Å². The molecule has 1 aromatic carbocycles. The number of hydrogen-bond acceptors (Lipinski definition) is 5. The normalized spacial score (nSPS) is 16.1. The molecular formula is C17H19ClN2O3S2. The van der Waals surface area contributed by atoms with Crippen molar-refractivity contribution in [1.82, 2.24) is 9.88 Å². The third-order valence-electron chi connectivity index (χ3n) is 4.39. The molecule has 0 spiro atoms. The Morgan fingerprint density at radius 2 is 2.08 bits per heavy atom. The molecule has 1 aromatic heterocycles. The molecule has 0 unspecified atom stereocenters. The van der Waals surface area contributed by atoms with Crippen LogP contribution < -0.4 is 0 Å². The molecule has 1 aliphatic heterocycles. The van der Waals surface area contributed by atoms with Crippen LogP contribution in [0.5, 0.6) is 0 Å². The van der Waals surface area contributed by atoms with Crippen molar-refractivity contribution in [2.24, 2.45) is 0 Å². The zero-order valence-corrected chi connectivity index (χ0v) is 16.0. The molecule has 1 aliphatic rings. The van der Waals surface area contributed by atoms with Gasteiger partial charge in [0, 0.05) is 42.0 Å². The smallest absolute Gasteiger partial charge is 0.223 e. The average molecular weight is 399 g/mol. The summed E-state index contributed by atoms with van der Waals surface area (Å²) in [4.78, 5) is 18.6. The summed E-state index contributed by atoms with van der Waals surface area (Å²) in [6, 6.07) is 6.14. The lowest BCUT2D eigenvalue weighted by Gasteiger charge is -2.31. The van der Waals surface area contributed by atoms with Crippen LogP contribution in [0.1, 0.15) is 30.2 Å². The first-order valence-electron chi connectivity index (χ1n) is 8.11. The number of sulfone groups is 1. The zero-order valence-electron chi connectivity index (χ0n) is 13.6. The topological polar surface area (TPSA) is 67.3 Å². The summed E-state index contributed by atoms with van der Waals surface area (Å²) in [6.45, 7) is 1.31. The molecule has 134 valence electrons. The molecule has 3 rings (SSSR count). The lowest BCUT2D eigenvalue weighted by Crippen LogP contribution is -2.38. The van der Waals surface area contributed by atoms with Gasteiger partial charge >= 0.3 is 0 Å². The molecule has 0 saturated carbocycles. The summed E-state index contributed by atoms with van der Waals surface area (Å²) in [6.07, 6.45) is 3.55. The Bertz CT molecular complexity index is 829. The van der Waals surface area contributed by atoms with Gasteiger partial charge in [0.15, 0.2) is 9.84 Å². The second kappa shape index (κ2) is 7.85. The molecule has 1 saturated heterocycles. The van der Waals surface area contributed by atoms with E-state index in [2.05, 4.69) is 4.98 Å². The number of amides is 1. The molecule has 5 nitrogen and oxygen atoms in total. The Morgan fingerprint density at radius 3 is 2.72 bits per heavy atom. The van der Waals surface area contributed by atoms with Crippen LogP contribution >= 0.6 is 22.9 Å². The molecule has 1 fully saturated rings. The van der Waals surface area contributed by atoms with Crippen molar-refractivity contribution in [3.05, 3.63) is 45.9 Å². The van der Waals surface area contributed by atoms with Crippen LogP contribution in [0.2, 0.25) is 5.02 Å². The van der Waals surface area contributed by atoms with Crippen molar-refractivity contribution in [2.45, 2.75) is 30.1 Å². The first-order chi connectivity index (χ1) is 12.0. The Labute approximate surface area is 156 Å². The molecule has 0 radical (unpaired) electrons. The number of carbonyl (C=O) groups excluding carboxylic acids is 1. The predicted octanol–water partition coefficient (Wildman–Crippen LogP) is 3.37. The highest BCUT2D eigenvalue weighted by atomic mass is 35.5. The molecule has 1 amide bonds. The van der Waals surface area contributed by atoms with Gasteiger partial charge in [0.25, 0.3) is 0 Å². The van der Waals surface area contributed by atoms with Crippen LogP contribution in [0, 0.1) is 0 Å². The third-order valence-corrected chi connectivity index (χ3v) is 7.28. The number of thiazole rings is 1. The molecule has 2 heterocycles. The number of hydrogen-bond donors (Lipinski definition) is 0. The van der Waals surface area contributed by atoms with E-state index >= 15 is 0 Å². The fraction of sp³-hybridized carbons (Fsp3) is 0.412. The highest BCUT2D eigenvalue weighted by Gasteiger charge is 2.26. The summed E-state index contributed by atoms with van der Waals surface area (Å²) in [5, 5.41) is 3.46. The molecule has 8 heteroatoms. The molecule has 0 bridgehead atoms. The number of rotatable bonds is 5. The quantitative estimate of drug-likeness (QED) is 0.774. The number of piperidine rings is 1. The van der Waals surface area contributed by atoms with Crippen molar-refractivity contribution in [3.63, 3.8) is 0 Å². The van der Waals surface area contributed by atoms with Gasteiger partial charge in [-0.15, -0.1) is 11.3 Å². The van der Waals surface area contributed by atoms with Gasteiger partial charge in [0.05, 0.1) is 15.7 Å². The fourth-order valence-corrected chi connectivity index (χ4v) is 5.31. The number of halogens is 1. The van der Waals surface area contributed by atoms with Crippen LogP contribution in [0.3, 0.4) is 0 Å². The van der Waals surface area contributed by atoms with E-state index in [1.807, 2.05) is 5.38 Å². The fourth-order valence-electron chi connectivity index (χ4n) is 2.97. The van der Waals surface area contributed by atoms with E-state index in [9.17, 15) is 13.2 Å². The van der Waals surface area contributed by atoms with Gasteiger partial charge in [-0.1, -0.05) is 17.7 Å². The van der Waals surface area contributed by atoms with Gasteiger partial charge in [-0.25, -0.2) is 13.4 Å². The number of nitrogens with zero attached hydrogens (tertiary/aromatic N) is 2. The monoisotopic (exact) mass is 398 g/mol. The summed E-state index contributed by atoms with van der Waals surface area (Å²) in [5.41, 5.74) is 0. The van der Waals surface area contributed by atoms with E-state index in [-0.39, 0.29) is 23.0 Å². The maximum atomic E-state index is 12.4. The number of benzene rings is 1. The number of aromatic nitrogens is 1. The van der Waals surface area contributed by atoms with E-state index < -0.39 is 9.84 Å². The van der Waals surface area contributed by atoms with Crippen molar-refractivity contribution in [1.29, 1.82) is 0 Å². The summed E-state index contributed by atoms with van der Waals surface area (Å²) in [5.74, 6) is 0.0981. The minimum absolute atomic E-state index is 0.00321. The lowest BCUT2D eigenvalue weighted by molar-refractivity contribution is -0.131. The number of likely N-dealkylation sites (tertiary alicyclic amines) is 1. The largest absolute Gasteiger partial charge is 0.343 e. The molecule has 2 aromatic rings. The van der Waals surface area contributed by atoms with E-state index in [1.165, 1.54) is 12.1 Å². The van der Waals surface area contributed by atoms with Crippen LogP contribution in [-0.4, -0.2) is 43.1 Å². The Kier molecular flexibility index (Phi) is 5.76. The van der Waals surface area contributed by atoms with Gasteiger partial charge < -0.3 is 4.90 Å². The van der Waals surface area contributed by atoms with Crippen LogP contribution in [0.15, 0.2) is 40.7 Å². The van der Waals surface area contributed by atoms with Gasteiger partial charge in [-0.2, -0.15) is 0 Å². The summed E-state index contributed by atoms with van der Waals surface area (Å²) in [7, 11) is -3.50. The predicted molar refractivity (Wildman–Crippen MR) is 98.8 cm³/mol. The molecular weight excluding hydrogens is 380 g/mol. The second-order valence-corrected chi connectivity index (χ2v) is 9.52. The third kappa shape index (κ3) is 4.59. The van der Waals surface area contributed by atoms with Crippen molar-refractivity contribution >= 4 is 38.7 Å². The molecule has 0 aliphatic carbocycles. The average Bonchev–Trinajstić information content (AvgIpc) is 3.14. The minimum Gasteiger partial charge on any atom is -0.343 e. The van der Waals surface area contributed by atoms with Crippen molar-refractivity contribution in [3.8, 4) is 0 Å². The standard InChI is InChI=1S/C17H19ClN2O3S2/c18-14-2-1-3-15(12-14)25(22,23)11-6-16(21)20-8-4-13(5-9-20)17-19-7-10-24-17/h1-3,7,10,12-13H,4-6,8-9,11H2. The number of carbonyl (C=O) groups is 1. The van der Waals surface area contributed by atoms with E-state index in [4.69, 9.17) is 11.6 Å². The van der Waals surface area contributed by atoms with E-state index in [1.54, 1.807) is 34.6 Å². The Morgan fingerprint density at radius 1 is 1.32 bits per heavy atom. The minimum atomic E-state index is -3.50. The maximum absolute atomic E-state index is 12.4. The van der Waals surface area contributed by atoms with Gasteiger partial charge in [-0.05, 0) is 31.0 Å². The summed E-state index contributed by atoms with van der Waals surface area (Å²) >= 11 is 7.49. The van der Waals surface area contributed by atoms with Crippen LogP contribution in [0.4, 0.5) is 0 Å². The molecule has 0 N–H and O–H groups in total. The first kappa shape index (κ1) is 18.4. The summed E-state index contributed by atoms with van der Waals surface area (Å²) < 4.78 is 24.7. The zero-order chi connectivity index (χ0) is 17.9. The first-order valence-corrected chi connectivity index (χ1v) is 11.0. The van der Waals surface area contributed by atoms with Crippen molar-refractivity contribution < 1.29 is 13.2 Å². The van der Waals surface area contributed by atoms with Gasteiger partial charge in [-0.3, -0.25) is 4.79 Å². The van der Waals surface area contributed by atoms with Crippen LogP contribution in [-0.2, 0) is 14.6 Å². The van der Waals surface area contributed by atoms with Gasteiger partial charge in [0.1, 0.15) is 0 Å².